The minimum Gasteiger partial charge on any atom is -0.493 e. The molecule has 1 amide bonds. The van der Waals surface area contributed by atoms with Gasteiger partial charge in [0.25, 0.3) is 5.91 Å². The van der Waals surface area contributed by atoms with Crippen LogP contribution >= 0.6 is 11.6 Å². The molecule has 0 radical (unpaired) electrons. The number of nitrogens with zero attached hydrogens (tertiary/aromatic N) is 2. The van der Waals surface area contributed by atoms with Crippen molar-refractivity contribution in [1.29, 1.82) is 0 Å². The van der Waals surface area contributed by atoms with E-state index >= 15 is 0 Å². The Kier molecular flexibility index (Phi) is 4.31. The van der Waals surface area contributed by atoms with Crippen LogP contribution in [0.2, 0.25) is 5.02 Å². The molecule has 0 aliphatic carbocycles. The molecule has 1 N–H and O–H groups in total. The van der Waals surface area contributed by atoms with Gasteiger partial charge in [0, 0.05) is 23.3 Å². The summed E-state index contributed by atoms with van der Waals surface area (Å²) in [7, 11) is 1.84. The fourth-order valence-electron chi connectivity index (χ4n) is 3.03. The van der Waals surface area contributed by atoms with Gasteiger partial charge >= 0.3 is 0 Å². The van der Waals surface area contributed by atoms with Crippen LogP contribution in [0.25, 0.3) is 0 Å². The zero-order chi connectivity index (χ0) is 16.6. The maximum atomic E-state index is 12.7. The van der Waals surface area contributed by atoms with Crippen molar-refractivity contribution in [1.82, 2.24) is 15.1 Å². The van der Waals surface area contributed by atoms with Crippen molar-refractivity contribution in [3.05, 3.63) is 45.7 Å². The summed E-state index contributed by atoms with van der Waals surface area (Å²) in [5, 5.41) is 8.08. The average molecular weight is 334 g/mol. The van der Waals surface area contributed by atoms with Gasteiger partial charge in [-0.25, -0.2) is 0 Å². The van der Waals surface area contributed by atoms with Crippen molar-refractivity contribution in [2.45, 2.75) is 32.7 Å². The van der Waals surface area contributed by atoms with Crippen LogP contribution < -0.4 is 10.1 Å². The number of benzene rings is 1. The first-order valence-corrected chi connectivity index (χ1v) is 8.08. The Morgan fingerprint density at radius 2 is 2.22 bits per heavy atom. The van der Waals surface area contributed by atoms with Gasteiger partial charge in [-0.05, 0) is 38.8 Å². The van der Waals surface area contributed by atoms with Crippen LogP contribution in [0.15, 0.2) is 18.2 Å². The molecule has 0 saturated heterocycles. The third kappa shape index (κ3) is 3.06. The number of nitrogens with one attached hydrogen (secondary N) is 1. The first kappa shape index (κ1) is 15.9. The molecule has 1 aromatic heterocycles. The number of aryl methyl sites for hydroxylation is 2. The van der Waals surface area contributed by atoms with Crippen molar-refractivity contribution in [2.24, 2.45) is 7.05 Å². The summed E-state index contributed by atoms with van der Waals surface area (Å²) in [6.07, 6.45) is 1.71. The second-order valence-electron chi connectivity index (χ2n) is 5.87. The Morgan fingerprint density at radius 3 is 2.91 bits per heavy atom. The second-order valence-corrected chi connectivity index (χ2v) is 6.30. The van der Waals surface area contributed by atoms with E-state index in [1.165, 1.54) is 0 Å². The van der Waals surface area contributed by atoms with E-state index in [1.54, 1.807) is 4.68 Å². The van der Waals surface area contributed by atoms with Gasteiger partial charge in [-0.15, -0.1) is 0 Å². The lowest BCUT2D eigenvalue weighted by molar-refractivity contribution is 0.0933. The Morgan fingerprint density at radius 1 is 1.43 bits per heavy atom. The lowest BCUT2D eigenvalue weighted by Crippen LogP contribution is -2.29. The molecule has 0 saturated carbocycles. The first-order valence-electron chi connectivity index (χ1n) is 7.70. The normalized spacial score (nSPS) is 17.1. The van der Waals surface area contributed by atoms with Crippen LogP contribution in [0.1, 0.15) is 46.2 Å². The average Bonchev–Trinajstić information content (AvgIpc) is 2.65. The summed E-state index contributed by atoms with van der Waals surface area (Å²) in [6, 6.07) is 5.48. The number of hydrogen-bond donors (Lipinski definition) is 1. The van der Waals surface area contributed by atoms with E-state index in [0.29, 0.717) is 17.2 Å². The fraction of sp³-hybridized carbons (Fsp3) is 0.412. The fourth-order valence-corrected chi connectivity index (χ4v) is 3.19. The number of rotatable bonds is 2. The van der Waals surface area contributed by atoms with Gasteiger partial charge < -0.3 is 10.1 Å². The Bertz CT molecular complexity index is 755. The molecule has 1 aliphatic rings. The van der Waals surface area contributed by atoms with E-state index in [-0.39, 0.29) is 11.9 Å². The zero-order valence-corrected chi connectivity index (χ0v) is 14.3. The number of amides is 1. The van der Waals surface area contributed by atoms with E-state index in [9.17, 15) is 4.79 Å². The minimum absolute atomic E-state index is 0.0868. The highest BCUT2D eigenvalue weighted by Gasteiger charge is 2.25. The smallest absolute Gasteiger partial charge is 0.255 e. The van der Waals surface area contributed by atoms with Gasteiger partial charge in [0.15, 0.2) is 0 Å². The summed E-state index contributed by atoms with van der Waals surface area (Å²) >= 11 is 6.05. The molecule has 3 rings (SSSR count). The van der Waals surface area contributed by atoms with Crippen molar-refractivity contribution in [3.8, 4) is 5.75 Å². The van der Waals surface area contributed by atoms with Gasteiger partial charge in [-0.1, -0.05) is 17.7 Å². The number of ether oxygens (including phenoxy) is 1. The van der Waals surface area contributed by atoms with Gasteiger partial charge in [-0.2, -0.15) is 5.10 Å². The van der Waals surface area contributed by atoms with Crippen molar-refractivity contribution in [3.63, 3.8) is 0 Å². The van der Waals surface area contributed by atoms with Gasteiger partial charge in [0.1, 0.15) is 5.75 Å². The van der Waals surface area contributed by atoms with Crippen LogP contribution in [-0.4, -0.2) is 22.3 Å². The van der Waals surface area contributed by atoms with Crippen molar-refractivity contribution < 1.29 is 9.53 Å². The molecule has 0 spiro atoms. The quantitative estimate of drug-likeness (QED) is 0.917. The number of carbonyl (C=O) groups excluding carboxylic acids is 1. The molecule has 0 fully saturated rings. The third-order valence-corrected chi connectivity index (χ3v) is 4.52. The van der Waals surface area contributed by atoms with E-state index in [4.69, 9.17) is 16.3 Å². The highest BCUT2D eigenvalue weighted by molar-refractivity contribution is 6.30. The van der Waals surface area contributed by atoms with Crippen LogP contribution in [0, 0.1) is 13.8 Å². The Balaban J connectivity index is 1.89. The summed E-state index contributed by atoms with van der Waals surface area (Å²) in [6.45, 7) is 4.38. The number of aromatic nitrogens is 2. The molecule has 6 heteroatoms. The topological polar surface area (TPSA) is 56.2 Å². The maximum absolute atomic E-state index is 12.7. The Hall–Kier alpha value is -2.01. The molecule has 1 atom stereocenters. The van der Waals surface area contributed by atoms with E-state index < -0.39 is 0 Å². The van der Waals surface area contributed by atoms with Gasteiger partial charge in [0.05, 0.1) is 23.9 Å². The molecule has 2 heterocycles. The predicted octanol–water partition coefficient (Wildman–Crippen LogP) is 3.33. The summed E-state index contributed by atoms with van der Waals surface area (Å²) < 4.78 is 7.48. The molecule has 5 nitrogen and oxygen atoms in total. The molecule has 1 aliphatic heterocycles. The van der Waals surface area contributed by atoms with Crippen LogP contribution in [-0.2, 0) is 7.05 Å². The van der Waals surface area contributed by atoms with E-state index in [0.717, 1.165) is 35.5 Å². The van der Waals surface area contributed by atoms with Gasteiger partial charge in [-0.3, -0.25) is 9.48 Å². The molecule has 2 aromatic rings. The molecule has 122 valence electrons. The molecule has 1 aromatic carbocycles. The molecule has 0 bridgehead atoms. The van der Waals surface area contributed by atoms with Crippen molar-refractivity contribution >= 4 is 17.5 Å². The lowest BCUT2D eigenvalue weighted by atomic mass is 10.0. The maximum Gasteiger partial charge on any atom is 0.255 e. The number of carbonyl (C=O) groups is 1. The van der Waals surface area contributed by atoms with Crippen molar-refractivity contribution in [2.75, 3.05) is 6.61 Å². The van der Waals surface area contributed by atoms with E-state index in [2.05, 4.69) is 10.4 Å². The number of fused-ring (bicyclic) bond motifs is 1. The third-order valence-electron chi connectivity index (χ3n) is 4.29. The largest absolute Gasteiger partial charge is 0.493 e. The Labute approximate surface area is 140 Å². The SMILES string of the molecule is Cc1nn(C)c(C)c1C(=O)N[C@@H]1CCCOc2cc(Cl)ccc21. The van der Waals surface area contributed by atoms with E-state index in [1.807, 2.05) is 39.1 Å². The predicted molar refractivity (Wildman–Crippen MR) is 89.1 cm³/mol. The van der Waals surface area contributed by atoms with Crippen LogP contribution in [0.5, 0.6) is 5.75 Å². The first-order chi connectivity index (χ1) is 11.0. The number of hydrogen-bond acceptors (Lipinski definition) is 3. The standard InChI is InChI=1S/C17H20ClN3O2/c1-10-16(11(2)21(3)20-10)17(22)19-14-5-4-8-23-15-9-12(18)6-7-13(14)15/h6-7,9,14H,4-5,8H2,1-3H3,(H,19,22)/t14-/m1/s1. The summed E-state index contributed by atoms with van der Waals surface area (Å²) in [4.78, 5) is 12.7. The molecule has 23 heavy (non-hydrogen) atoms. The van der Waals surface area contributed by atoms with Gasteiger partial charge in [0.2, 0.25) is 0 Å². The highest BCUT2D eigenvalue weighted by atomic mass is 35.5. The lowest BCUT2D eigenvalue weighted by Gasteiger charge is -2.18. The number of halogens is 1. The van der Waals surface area contributed by atoms with Crippen LogP contribution in [0.3, 0.4) is 0 Å². The van der Waals surface area contributed by atoms with Crippen LogP contribution in [0.4, 0.5) is 0 Å². The molecular formula is C17H20ClN3O2. The highest BCUT2D eigenvalue weighted by Crippen LogP contribution is 2.33. The molecular weight excluding hydrogens is 314 g/mol. The minimum atomic E-state index is -0.0964. The monoisotopic (exact) mass is 333 g/mol. The zero-order valence-electron chi connectivity index (χ0n) is 13.5. The molecule has 0 unspecified atom stereocenters. The summed E-state index contributed by atoms with van der Waals surface area (Å²) in [5.41, 5.74) is 3.22. The second kappa shape index (κ2) is 6.24. The summed E-state index contributed by atoms with van der Waals surface area (Å²) in [5.74, 6) is 0.654.